The topological polar surface area (TPSA) is 0 Å². The summed E-state index contributed by atoms with van der Waals surface area (Å²) in [6.45, 7) is 6.05. The van der Waals surface area contributed by atoms with Crippen LogP contribution in [0, 0.1) is 6.92 Å². The Balaban J connectivity index is 3.13. The fraction of sp³-hybridized carbons (Fsp3) is 0.200. The van der Waals surface area contributed by atoms with Gasteiger partial charge in [0.05, 0.1) is 0 Å². The van der Waals surface area contributed by atoms with Crippen molar-refractivity contribution < 1.29 is 0 Å². The summed E-state index contributed by atoms with van der Waals surface area (Å²) in [7, 11) is 0. The van der Waals surface area contributed by atoms with Crippen LogP contribution in [0.5, 0.6) is 0 Å². The van der Waals surface area contributed by atoms with E-state index in [-0.39, 0.29) is 0 Å². The maximum absolute atomic E-state index is 3.97. The van der Waals surface area contributed by atoms with Gasteiger partial charge in [-0.05, 0) is 24.1 Å². The molecule has 0 nitrogen and oxygen atoms in total. The predicted molar refractivity (Wildman–Crippen MR) is 61.7 cm³/mol. The highest BCUT2D eigenvalue weighted by atomic mass is 79.9. The molecule has 0 heterocycles. The molecule has 0 aromatic heterocycles. The fourth-order valence-electron chi connectivity index (χ4n) is 0.982. The molecule has 0 aliphatic heterocycles. The zero-order chi connectivity index (χ0) is 9.14. The zero-order valence-electron chi connectivity index (χ0n) is 6.90. The van der Waals surface area contributed by atoms with E-state index in [1.807, 2.05) is 0 Å². The van der Waals surface area contributed by atoms with Crippen LogP contribution in [0.1, 0.15) is 11.1 Å². The van der Waals surface area contributed by atoms with E-state index in [9.17, 15) is 0 Å². The lowest BCUT2D eigenvalue weighted by Gasteiger charge is -2.05. The van der Waals surface area contributed by atoms with Gasteiger partial charge in [-0.1, -0.05) is 56.1 Å². The largest absolute Gasteiger partial charge is 0.0943 e. The Morgan fingerprint density at radius 3 is 2.75 bits per heavy atom. The van der Waals surface area contributed by atoms with E-state index in [4.69, 9.17) is 0 Å². The molecule has 0 saturated heterocycles. The highest BCUT2D eigenvalue weighted by Gasteiger charge is 2.02. The third kappa shape index (κ3) is 2.20. The summed E-state index contributed by atoms with van der Waals surface area (Å²) in [6.07, 6.45) is 0. The molecule has 1 aromatic rings. The average Bonchev–Trinajstić information content (AvgIpc) is 2.08. The summed E-state index contributed by atoms with van der Waals surface area (Å²) in [5.41, 5.74) is 3.55. The summed E-state index contributed by atoms with van der Waals surface area (Å²) in [5.74, 6) is 0. The van der Waals surface area contributed by atoms with Gasteiger partial charge in [0, 0.05) is 9.80 Å². The van der Waals surface area contributed by atoms with E-state index in [0.717, 1.165) is 15.4 Å². The van der Waals surface area contributed by atoms with Crippen molar-refractivity contribution in [1.82, 2.24) is 0 Å². The van der Waals surface area contributed by atoms with Crippen LogP contribution in [0.2, 0.25) is 0 Å². The number of halogens is 2. The molecule has 0 N–H and O–H groups in total. The number of allylic oxidation sites excluding steroid dienone is 1. The highest BCUT2D eigenvalue weighted by Crippen LogP contribution is 2.25. The molecule has 0 bridgehead atoms. The number of aryl methyl sites for hydroxylation is 1. The Bertz CT molecular complexity index is 303. The van der Waals surface area contributed by atoms with Crippen molar-refractivity contribution in [3.63, 3.8) is 0 Å². The third-order valence-corrected chi connectivity index (χ3v) is 3.03. The van der Waals surface area contributed by atoms with Gasteiger partial charge in [-0.25, -0.2) is 0 Å². The van der Waals surface area contributed by atoms with Crippen LogP contribution in [-0.4, -0.2) is 5.33 Å². The first-order valence-corrected chi connectivity index (χ1v) is 5.57. The molecule has 64 valence electrons. The van der Waals surface area contributed by atoms with Gasteiger partial charge in [-0.2, -0.15) is 0 Å². The quantitative estimate of drug-likeness (QED) is 0.717. The summed E-state index contributed by atoms with van der Waals surface area (Å²) in [6, 6.07) is 6.27. The molecule has 2 heteroatoms. The molecule has 0 unspecified atom stereocenters. The van der Waals surface area contributed by atoms with E-state index in [1.54, 1.807) is 0 Å². The van der Waals surface area contributed by atoms with Gasteiger partial charge in [0.15, 0.2) is 0 Å². The maximum Gasteiger partial charge on any atom is 0.0283 e. The van der Waals surface area contributed by atoms with E-state index < -0.39 is 0 Å². The first kappa shape index (κ1) is 10.0. The van der Waals surface area contributed by atoms with Crippen molar-refractivity contribution in [2.75, 3.05) is 5.33 Å². The van der Waals surface area contributed by atoms with Gasteiger partial charge in [0.25, 0.3) is 0 Å². The lowest BCUT2D eigenvalue weighted by atomic mass is 10.1. The predicted octanol–water partition coefficient (Wildman–Crippen LogP) is 4.17. The molecule has 1 rings (SSSR count). The molecule has 0 spiro atoms. The minimum atomic E-state index is 0.815. The standard InChI is InChI=1S/C10H10Br2/c1-7-3-4-10(12)9(5-7)8(2)6-11/h3-5H,2,6H2,1H3. The normalized spacial score (nSPS) is 9.92. The van der Waals surface area contributed by atoms with E-state index in [1.165, 1.54) is 11.1 Å². The Morgan fingerprint density at radius 2 is 2.17 bits per heavy atom. The minimum Gasteiger partial charge on any atom is -0.0943 e. The van der Waals surface area contributed by atoms with E-state index in [0.29, 0.717) is 0 Å². The number of hydrogen-bond donors (Lipinski definition) is 0. The van der Waals surface area contributed by atoms with Gasteiger partial charge in [0.2, 0.25) is 0 Å². The molecule has 1 aromatic carbocycles. The van der Waals surface area contributed by atoms with Crippen molar-refractivity contribution in [1.29, 1.82) is 0 Å². The van der Waals surface area contributed by atoms with Gasteiger partial charge in [-0.3, -0.25) is 0 Å². The number of alkyl halides is 1. The van der Waals surface area contributed by atoms with E-state index in [2.05, 4.69) is 63.6 Å². The number of benzene rings is 1. The van der Waals surface area contributed by atoms with Crippen molar-refractivity contribution in [2.45, 2.75) is 6.92 Å². The zero-order valence-corrected chi connectivity index (χ0v) is 10.1. The maximum atomic E-state index is 3.97. The van der Waals surface area contributed by atoms with Crippen LogP contribution in [-0.2, 0) is 0 Å². The van der Waals surface area contributed by atoms with E-state index >= 15 is 0 Å². The molecule has 0 fully saturated rings. The SMILES string of the molecule is C=C(CBr)c1cc(C)ccc1Br. The first-order chi connectivity index (χ1) is 5.65. The van der Waals surface area contributed by atoms with Gasteiger partial charge < -0.3 is 0 Å². The Hall–Kier alpha value is -0.0800. The second-order valence-electron chi connectivity index (χ2n) is 2.72. The Labute approximate surface area is 89.9 Å². The molecule has 12 heavy (non-hydrogen) atoms. The van der Waals surface area contributed by atoms with Crippen LogP contribution in [0.3, 0.4) is 0 Å². The van der Waals surface area contributed by atoms with Gasteiger partial charge in [-0.15, -0.1) is 0 Å². The summed E-state index contributed by atoms with van der Waals surface area (Å²) < 4.78 is 1.11. The molecule has 0 radical (unpaired) electrons. The van der Waals surface area contributed by atoms with Crippen molar-refractivity contribution in [3.05, 3.63) is 40.4 Å². The van der Waals surface area contributed by atoms with Crippen molar-refractivity contribution >= 4 is 37.4 Å². The number of hydrogen-bond acceptors (Lipinski definition) is 0. The monoisotopic (exact) mass is 288 g/mol. The molecule has 0 saturated carbocycles. The van der Waals surface area contributed by atoms with Crippen LogP contribution >= 0.6 is 31.9 Å². The van der Waals surface area contributed by atoms with Gasteiger partial charge >= 0.3 is 0 Å². The lowest BCUT2D eigenvalue weighted by molar-refractivity contribution is 1.42. The minimum absolute atomic E-state index is 0.815. The molecule has 0 aliphatic rings. The molecule has 0 amide bonds. The van der Waals surface area contributed by atoms with Crippen molar-refractivity contribution in [2.24, 2.45) is 0 Å². The Morgan fingerprint density at radius 1 is 1.50 bits per heavy atom. The number of rotatable bonds is 2. The smallest absolute Gasteiger partial charge is 0.0283 e. The molecule has 0 aliphatic carbocycles. The second-order valence-corrected chi connectivity index (χ2v) is 4.14. The molecular formula is C10H10Br2. The van der Waals surface area contributed by atoms with Crippen LogP contribution in [0.4, 0.5) is 0 Å². The van der Waals surface area contributed by atoms with Crippen LogP contribution in [0.25, 0.3) is 5.57 Å². The van der Waals surface area contributed by atoms with Crippen LogP contribution in [0.15, 0.2) is 29.3 Å². The summed E-state index contributed by atoms with van der Waals surface area (Å²) in [5, 5.41) is 0.815. The highest BCUT2D eigenvalue weighted by molar-refractivity contribution is 9.10. The second kappa shape index (κ2) is 4.24. The first-order valence-electron chi connectivity index (χ1n) is 3.65. The summed E-state index contributed by atoms with van der Waals surface area (Å²) in [4.78, 5) is 0. The van der Waals surface area contributed by atoms with Crippen molar-refractivity contribution in [3.8, 4) is 0 Å². The lowest BCUT2D eigenvalue weighted by Crippen LogP contribution is -1.86. The third-order valence-electron chi connectivity index (χ3n) is 1.66. The van der Waals surface area contributed by atoms with Gasteiger partial charge in [0.1, 0.15) is 0 Å². The average molecular weight is 290 g/mol. The Kier molecular flexibility index (Phi) is 3.53. The molecule has 0 atom stereocenters. The summed E-state index contributed by atoms with van der Waals surface area (Å²) >= 11 is 6.88. The fourth-order valence-corrected chi connectivity index (χ4v) is 1.81. The van der Waals surface area contributed by atoms with Crippen LogP contribution < -0.4 is 0 Å². The molecular weight excluding hydrogens is 280 g/mol.